The van der Waals surface area contributed by atoms with Crippen LogP contribution in [0.3, 0.4) is 0 Å². The molecule has 3 aromatic rings. The van der Waals surface area contributed by atoms with Crippen LogP contribution in [0.4, 0.5) is 4.39 Å². The average molecular weight is 384 g/mol. The Labute approximate surface area is 161 Å². The Kier molecular flexibility index (Phi) is 5.34. The van der Waals surface area contributed by atoms with Gasteiger partial charge < -0.3 is 9.73 Å². The highest BCUT2D eigenvalue weighted by molar-refractivity contribution is 7.13. The number of thiophene rings is 1. The topological polar surface area (TPSA) is 55.1 Å². The fourth-order valence-corrected chi connectivity index (χ4v) is 4.38. The molecule has 0 bridgehead atoms. The van der Waals surface area contributed by atoms with Gasteiger partial charge in [0.25, 0.3) is 0 Å². The highest BCUT2D eigenvalue weighted by atomic mass is 32.1. The molecule has 1 aliphatic carbocycles. The number of hydrogen-bond acceptors (Lipinski definition) is 4. The number of nitrogens with zero attached hydrogens (tertiary/aromatic N) is 1. The second-order valence-electron chi connectivity index (χ2n) is 6.94. The van der Waals surface area contributed by atoms with E-state index in [1.165, 1.54) is 31.2 Å². The van der Waals surface area contributed by atoms with E-state index in [9.17, 15) is 9.18 Å². The van der Waals surface area contributed by atoms with E-state index in [-0.39, 0.29) is 24.2 Å². The number of carbonyl (C=O) groups excluding carboxylic acids is 1. The lowest BCUT2D eigenvalue weighted by molar-refractivity contribution is -0.121. The van der Waals surface area contributed by atoms with Gasteiger partial charge in [-0.25, -0.2) is 9.37 Å². The van der Waals surface area contributed by atoms with Gasteiger partial charge in [0.15, 0.2) is 0 Å². The fourth-order valence-electron chi connectivity index (χ4n) is 3.72. The Morgan fingerprint density at radius 2 is 2.04 bits per heavy atom. The summed E-state index contributed by atoms with van der Waals surface area (Å²) >= 11 is 1.55. The van der Waals surface area contributed by atoms with Crippen LogP contribution in [0.25, 0.3) is 10.8 Å². The Morgan fingerprint density at radius 3 is 2.74 bits per heavy atom. The summed E-state index contributed by atoms with van der Waals surface area (Å²) in [5, 5.41) is 5.11. The molecule has 1 amide bonds. The lowest BCUT2D eigenvalue weighted by atomic mass is 9.91. The van der Waals surface area contributed by atoms with Crippen molar-refractivity contribution in [3.63, 3.8) is 0 Å². The first-order valence-electron chi connectivity index (χ1n) is 9.22. The predicted molar refractivity (Wildman–Crippen MR) is 103 cm³/mol. The van der Waals surface area contributed by atoms with Crippen molar-refractivity contribution in [2.45, 2.75) is 38.1 Å². The third kappa shape index (κ3) is 4.27. The molecule has 1 unspecified atom stereocenters. The molecule has 2 heterocycles. The van der Waals surface area contributed by atoms with Gasteiger partial charge in [-0.15, -0.1) is 11.3 Å². The number of aromatic nitrogens is 1. The molecule has 1 aliphatic rings. The van der Waals surface area contributed by atoms with Crippen LogP contribution in [-0.4, -0.2) is 10.9 Å². The number of nitrogens with one attached hydrogen (secondary N) is 1. The molecule has 0 saturated heterocycles. The molecule has 1 N–H and O–H groups in total. The molecule has 1 saturated carbocycles. The maximum absolute atomic E-state index is 13.3. The summed E-state index contributed by atoms with van der Waals surface area (Å²) in [6.45, 7) is 0. The normalized spacial score (nSPS) is 15.7. The molecule has 0 radical (unpaired) electrons. The number of hydrogen-bond donors (Lipinski definition) is 1. The van der Waals surface area contributed by atoms with Gasteiger partial charge in [-0.3, -0.25) is 4.79 Å². The van der Waals surface area contributed by atoms with Crippen molar-refractivity contribution in [2.24, 2.45) is 5.92 Å². The van der Waals surface area contributed by atoms with Crippen LogP contribution in [0.5, 0.6) is 0 Å². The van der Waals surface area contributed by atoms with Gasteiger partial charge in [0.1, 0.15) is 12.1 Å². The first kappa shape index (κ1) is 17.9. The van der Waals surface area contributed by atoms with E-state index in [0.717, 1.165) is 23.3 Å². The Bertz CT molecular complexity index is 883. The summed E-state index contributed by atoms with van der Waals surface area (Å²) in [6.07, 6.45) is 6.21. The van der Waals surface area contributed by atoms with Gasteiger partial charge >= 0.3 is 0 Å². The largest absolute Gasteiger partial charge is 0.444 e. The van der Waals surface area contributed by atoms with Crippen LogP contribution in [-0.2, 0) is 11.2 Å². The van der Waals surface area contributed by atoms with Gasteiger partial charge in [0.2, 0.25) is 11.8 Å². The minimum atomic E-state index is -0.265. The summed E-state index contributed by atoms with van der Waals surface area (Å²) in [4.78, 5) is 18.0. The Morgan fingerprint density at radius 1 is 1.26 bits per heavy atom. The number of halogens is 1. The quantitative estimate of drug-likeness (QED) is 0.641. The molecule has 1 aromatic carbocycles. The SMILES string of the molecule is O=C(Cc1coc(-c2cccs2)n1)NC(c1ccc(F)cc1)C1CCCC1. The lowest BCUT2D eigenvalue weighted by Crippen LogP contribution is -2.33. The van der Waals surface area contributed by atoms with E-state index in [4.69, 9.17) is 4.42 Å². The van der Waals surface area contributed by atoms with Crippen molar-refractivity contribution in [1.82, 2.24) is 10.3 Å². The Balaban J connectivity index is 1.46. The molecule has 6 heteroatoms. The van der Waals surface area contributed by atoms with E-state index in [1.807, 2.05) is 17.5 Å². The zero-order chi connectivity index (χ0) is 18.6. The summed E-state index contributed by atoms with van der Waals surface area (Å²) in [5.41, 5.74) is 1.57. The zero-order valence-electron chi connectivity index (χ0n) is 14.9. The molecule has 140 valence electrons. The predicted octanol–water partition coefficient (Wildman–Crippen LogP) is 5.13. The summed E-state index contributed by atoms with van der Waals surface area (Å²) in [7, 11) is 0. The monoisotopic (exact) mass is 384 g/mol. The second-order valence-corrected chi connectivity index (χ2v) is 7.89. The molecule has 1 atom stereocenters. The van der Waals surface area contributed by atoms with Crippen molar-refractivity contribution in [1.29, 1.82) is 0 Å². The first-order valence-corrected chi connectivity index (χ1v) is 10.1. The first-order chi connectivity index (χ1) is 13.2. The van der Waals surface area contributed by atoms with Crippen LogP contribution in [0, 0.1) is 11.7 Å². The van der Waals surface area contributed by atoms with Crippen molar-refractivity contribution in [3.8, 4) is 10.8 Å². The maximum atomic E-state index is 13.3. The molecule has 4 rings (SSSR count). The maximum Gasteiger partial charge on any atom is 0.236 e. The van der Waals surface area contributed by atoms with Crippen LogP contribution in [0.2, 0.25) is 0 Å². The van der Waals surface area contributed by atoms with E-state index < -0.39 is 0 Å². The zero-order valence-corrected chi connectivity index (χ0v) is 15.7. The summed E-state index contributed by atoms with van der Waals surface area (Å²) in [6, 6.07) is 10.2. The van der Waals surface area contributed by atoms with Crippen molar-refractivity contribution >= 4 is 17.2 Å². The summed E-state index contributed by atoms with van der Waals surface area (Å²) in [5.74, 6) is 0.568. The minimum absolute atomic E-state index is 0.0933. The number of benzene rings is 1. The standard InChI is InChI=1S/C21H21FN2O2S/c22-16-9-7-15(8-10-16)20(14-4-1-2-5-14)24-19(25)12-17-13-26-21(23-17)18-6-3-11-27-18/h3,6-11,13-14,20H,1-2,4-5,12H2,(H,24,25). The number of oxazole rings is 1. The van der Waals surface area contributed by atoms with Gasteiger partial charge in [-0.05, 0) is 47.9 Å². The van der Waals surface area contributed by atoms with Crippen molar-refractivity contribution in [2.75, 3.05) is 0 Å². The van der Waals surface area contributed by atoms with E-state index in [1.54, 1.807) is 23.5 Å². The molecular formula is C21H21FN2O2S. The van der Waals surface area contributed by atoms with Gasteiger partial charge in [-0.2, -0.15) is 0 Å². The third-order valence-electron chi connectivity index (χ3n) is 5.04. The molecule has 27 heavy (non-hydrogen) atoms. The Hall–Kier alpha value is -2.47. The van der Waals surface area contributed by atoms with E-state index >= 15 is 0 Å². The van der Waals surface area contributed by atoms with Gasteiger partial charge in [0.05, 0.1) is 23.0 Å². The average Bonchev–Trinajstić information content (AvgIpc) is 3.42. The molecule has 0 spiro atoms. The molecular weight excluding hydrogens is 363 g/mol. The van der Waals surface area contributed by atoms with Crippen LogP contribution in [0.1, 0.15) is 43.0 Å². The van der Waals surface area contributed by atoms with Gasteiger partial charge in [-0.1, -0.05) is 31.0 Å². The number of amides is 1. The van der Waals surface area contributed by atoms with Gasteiger partial charge in [0, 0.05) is 0 Å². The highest BCUT2D eigenvalue weighted by Crippen LogP contribution is 2.36. The van der Waals surface area contributed by atoms with Crippen LogP contribution >= 0.6 is 11.3 Å². The lowest BCUT2D eigenvalue weighted by Gasteiger charge is -2.25. The highest BCUT2D eigenvalue weighted by Gasteiger charge is 2.28. The van der Waals surface area contributed by atoms with Crippen molar-refractivity contribution < 1.29 is 13.6 Å². The fraction of sp³-hybridized carbons (Fsp3) is 0.333. The van der Waals surface area contributed by atoms with Crippen LogP contribution < -0.4 is 5.32 Å². The van der Waals surface area contributed by atoms with E-state index in [2.05, 4.69) is 10.3 Å². The molecule has 4 nitrogen and oxygen atoms in total. The smallest absolute Gasteiger partial charge is 0.236 e. The molecule has 2 aromatic heterocycles. The van der Waals surface area contributed by atoms with Crippen molar-refractivity contribution in [3.05, 3.63) is 65.1 Å². The van der Waals surface area contributed by atoms with E-state index in [0.29, 0.717) is 17.5 Å². The molecule has 0 aliphatic heterocycles. The number of rotatable bonds is 6. The second kappa shape index (κ2) is 8.05. The third-order valence-corrected chi connectivity index (χ3v) is 5.90. The van der Waals surface area contributed by atoms with Crippen LogP contribution in [0.15, 0.2) is 52.5 Å². The molecule has 1 fully saturated rings. The number of carbonyl (C=O) groups is 1. The minimum Gasteiger partial charge on any atom is -0.444 e. The summed E-state index contributed by atoms with van der Waals surface area (Å²) < 4.78 is 18.8.